The second kappa shape index (κ2) is 7.08. The number of esters is 1. The lowest BCUT2D eigenvalue weighted by Gasteiger charge is -2.10. The molecule has 1 atom stereocenters. The van der Waals surface area contributed by atoms with E-state index in [0.29, 0.717) is 17.9 Å². The van der Waals surface area contributed by atoms with Crippen molar-refractivity contribution in [2.45, 2.75) is 25.4 Å². The highest BCUT2D eigenvalue weighted by Gasteiger charge is 2.28. The zero-order valence-corrected chi connectivity index (χ0v) is 12.0. The largest absolute Gasteiger partial charge is 0.454 e. The fourth-order valence-electron chi connectivity index (χ4n) is 1.91. The fraction of sp³-hybridized carbons (Fsp3) is 0.357. The highest BCUT2D eigenvalue weighted by atomic mass is 35.5. The molecule has 2 N–H and O–H groups in total. The second-order valence-electron chi connectivity index (χ2n) is 4.63. The smallest absolute Gasteiger partial charge is 0.329 e. The number of hydrogen-bond acceptors (Lipinski definition) is 4. The summed E-state index contributed by atoms with van der Waals surface area (Å²) < 4.78 is 4.86. The van der Waals surface area contributed by atoms with E-state index >= 15 is 0 Å². The number of benzene rings is 1. The van der Waals surface area contributed by atoms with Gasteiger partial charge in [-0.05, 0) is 18.1 Å². The van der Waals surface area contributed by atoms with Crippen LogP contribution in [0.2, 0.25) is 5.02 Å². The van der Waals surface area contributed by atoms with Crippen LogP contribution in [0.3, 0.4) is 0 Å². The number of rotatable bonds is 5. The van der Waals surface area contributed by atoms with Crippen LogP contribution in [0, 0.1) is 0 Å². The van der Waals surface area contributed by atoms with Crippen LogP contribution in [0.15, 0.2) is 24.3 Å². The molecule has 0 bridgehead atoms. The van der Waals surface area contributed by atoms with Crippen molar-refractivity contribution in [3.8, 4) is 0 Å². The van der Waals surface area contributed by atoms with Crippen LogP contribution >= 0.6 is 11.6 Å². The van der Waals surface area contributed by atoms with Gasteiger partial charge in [-0.15, -0.1) is 0 Å². The van der Waals surface area contributed by atoms with E-state index in [1.807, 2.05) is 6.07 Å². The third-order valence-corrected chi connectivity index (χ3v) is 3.43. The fourth-order valence-corrected chi connectivity index (χ4v) is 2.12. The zero-order chi connectivity index (χ0) is 15.2. The highest BCUT2D eigenvalue weighted by Crippen LogP contribution is 2.14. The molecule has 7 heteroatoms. The first kappa shape index (κ1) is 15.3. The number of carbonyl (C=O) groups is 3. The van der Waals surface area contributed by atoms with Crippen LogP contribution in [0.4, 0.5) is 0 Å². The first-order valence-corrected chi connectivity index (χ1v) is 6.90. The van der Waals surface area contributed by atoms with Crippen molar-refractivity contribution in [2.75, 3.05) is 6.61 Å². The van der Waals surface area contributed by atoms with E-state index in [9.17, 15) is 14.4 Å². The van der Waals surface area contributed by atoms with Gasteiger partial charge in [0.15, 0.2) is 6.61 Å². The van der Waals surface area contributed by atoms with E-state index in [4.69, 9.17) is 16.3 Å². The SMILES string of the molecule is O=C(COC(=O)[C@@H]1CCC(=O)N1)NCc1ccccc1Cl. The quantitative estimate of drug-likeness (QED) is 0.787. The molecule has 21 heavy (non-hydrogen) atoms. The van der Waals surface area contributed by atoms with Gasteiger partial charge in [0.25, 0.3) is 5.91 Å². The van der Waals surface area contributed by atoms with Crippen molar-refractivity contribution in [3.63, 3.8) is 0 Å². The summed E-state index contributed by atoms with van der Waals surface area (Å²) in [4.78, 5) is 34.2. The molecule has 1 aliphatic heterocycles. The van der Waals surface area contributed by atoms with Crippen LogP contribution in [0.5, 0.6) is 0 Å². The van der Waals surface area contributed by atoms with Gasteiger partial charge < -0.3 is 15.4 Å². The van der Waals surface area contributed by atoms with Crippen LogP contribution < -0.4 is 10.6 Å². The Kier molecular flexibility index (Phi) is 5.16. The summed E-state index contributed by atoms with van der Waals surface area (Å²) in [6, 6.07) is 6.49. The zero-order valence-electron chi connectivity index (χ0n) is 11.2. The van der Waals surface area contributed by atoms with Gasteiger partial charge in [0.05, 0.1) is 0 Å². The van der Waals surface area contributed by atoms with Gasteiger partial charge in [-0.3, -0.25) is 9.59 Å². The second-order valence-corrected chi connectivity index (χ2v) is 5.04. The average molecular weight is 311 g/mol. The summed E-state index contributed by atoms with van der Waals surface area (Å²) >= 11 is 5.96. The molecular formula is C14H15ClN2O4. The molecule has 0 radical (unpaired) electrons. The summed E-state index contributed by atoms with van der Waals surface area (Å²) in [5, 5.41) is 5.65. The molecule has 2 amide bonds. The molecule has 1 aromatic rings. The van der Waals surface area contributed by atoms with E-state index in [1.54, 1.807) is 18.2 Å². The number of hydrogen-bond donors (Lipinski definition) is 2. The van der Waals surface area contributed by atoms with Crippen molar-refractivity contribution in [3.05, 3.63) is 34.9 Å². The molecule has 6 nitrogen and oxygen atoms in total. The molecule has 1 fully saturated rings. The minimum absolute atomic E-state index is 0.180. The maximum atomic E-state index is 11.6. The lowest BCUT2D eigenvalue weighted by molar-refractivity contribution is -0.150. The topological polar surface area (TPSA) is 84.5 Å². The first-order chi connectivity index (χ1) is 10.1. The van der Waals surface area contributed by atoms with E-state index in [-0.39, 0.29) is 19.1 Å². The maximum Gasteiger partial charge on any atom is 0.329 e. The Hall–Kier alpha value is -2.08. The molecule has 0 aliphatic carbocycles. The highest BCUT2D eigenvalue weighted by molar-refractivity contribution is 6.31. The van der Waals surface area contributed by atoms with Crippen LogP contribution in [-0.2, 0) is 25.7 Å². The number of amides is 2. The molecule has 1 aromatic carbocycles. The summed E-state index contributed by atoms with van der Waals surface area (Å²) in [6.07, 6.45) is 0.706. The maximum absolute atomic E-state index is 11.6. The Bertz CT molecular complexity index is 562. The lowest BCUT2D eigenvalue weighted by atomic mass is 10.2. The Labute approximate surface area is 126 Å². The van der Waals surface area contributed by atoms with E-state index in [1.165, 1.54) is 0 Å². The van der Waals surface area contributed by atoms with Gasteiger partial charge in [-0.1, -0.05) is 29.8 Å². The molecule has 0 saturated carbocycles. The van der Waals surface area contributed by atoms with Crippen LogP contribution in [0.1, 0.15) is 18.4 Å². The normalized spacial score (nSPS) is 17.2. The van der Waals surface area contributed by atoms with E-state index in [2.05, 4.69) is 10.6 Å². The van der Waals surface area contributed by atoms with Crippen LogP contribution in [0.25, 0.3) is 0 Å². The summed E-state index contributed by atoms with van der Waals surface area (Å²) in [5.74, 6) is -1.19. The predicted octanol–water partition coefficient (Wildman–Crippen LogP) is 0.778. The molecule has 0 spiro atoms. The number of halogens is 1. The molecule has 0 aromatic heterocycles. The Morgan fingerprint density at radius 2 is 2.14 bits per heavy atom. The minimum Gasteiger partial charge on any atom is -0.454 e. The van der Waals surface area contributed by atoms with Crippen molar-refractivity contribution >= 4 is 29.4 Å². The molecule has 2 rings (SSSR count). The van der Waals surface area contributed by atoms with Crippen molar-refractivity contribution < 1.29 is 19.1 Å². The van der Waals surface area contributed by atoms with E-state index < -0.39 is 17.9 Å². The van der Waals surface area contributed by atoms with Crippen molar-refractivity contribution in [1.29, 1.82) is 0 Å². The number of ether oxygens (including phenoxy) is 1. The molecular weight excluding hydrogens is 296 g/mol. The summed E-state index contributed by atoms with van der Waals surface area (Å²) in [7, 11) is 0. The summed E-state index contributed by atoms with van der Waals surface area (Å²) in [6.45, 7) is -0.119. The monoisotopic (exact) mass is 310 g/mol. The Morgan fingerprint density at radius 1 is 1.38 bits per heavy atom. The van der Waals surface area contributed by atoms with E-state index in [0.717, 1.165) is 5.56 Å². The van der Waals surface area contributed by atoms with Gasteiger partial charge in [0.1, 0.15) is 6.04 Å². The van der Waals surface area contributed by atoms with Crippen molar-refractivity contribution in [1.82, 2.24) is 10.6 Å². The number of carbonyl (C=O) groups excluding carboxylic acids is 3. The lowest BCUT2D eigenvalue weighted by Crippen LogP contribution is -2.37. The molecule has 1 saturated heterocycles. The third-order valence-electron chi connectivity index (χ3n) is 3.06. The predicted molar refractivity (Wildman–Crippen MR) is 75.4 cm³/mol. The van der Waals surface area contributed by atoms with Crippen LogP contribution in [-0.4, -0.2) is 30.4 Å². The molecule has 1 heterocycles. The first-order valence-electron chi connectivity index (χ1n) is 6.52. The molecule has 112 valence electrons. The minimum atomic E-state index is -0.645. The van der Waals surface area contributed by atoms with Gasteiger partial charge in [0.2, 0.25) is 5.91 Å². The number of nitrogens with one attached hydrogen (secondary N) is 2. The summed E-state index contributed by atoms with van der Waals surface area (Å²) in [5.41, 5.74) is 0.780. The van der Waals surface area contributed by atoms with Gasteiger partial charge in [0, 0.05) is 18.0 Å². The Morgan fingerprint density at radius 3 is 2.81 bits per heavy atom. The standard InChI is InChI=1S/C14H15ClN2O4/c15-10-4-2-1-3-9(10)7-16-13(19)8-21-14(20)11-5-6-12(18)17-11/h1-4,11H,5-8H2,(H,16,19)(H,17,18)/t11-/m0/s1. The Balaban J connectivity index is 1.71. The molecule has 0 unspecified atom stereocenters. The third kappa shape index (κ3) is 4.46. The van der Waals surface area contributed by atoms with Gasteiger partial charge in [-0.2, -0.15) is 0 Å². The van der Waals surface area contributed by atoms with Gasteiger partial charge in [-0.25, -0.2) is 4.79 Å². The average Bonchev–Trinajstić information content (AvgIpc) is 2.90. The van der Waals surface area contributed by atoms with Gasteiger partial charge >= 0.3 is 5.97 Å². The van der Waals surface area contributed by atoms with Crippen molar-refractivity contribution in [2.24, 2.45) is 0 Å². The molecule has 1 aliphatic rings.